The number of hydrogen-bond donors (Lipinski definition) is 2. The monoisotopic (exact) mass is 237 g/mol. The molecule has 0 aliphatic rings. The molecule has 0 unspecified atom stereocenters. The number of phenolic OH excluding ortho intramolecular Hbond substituents is 1. The van der Waals surface area contributed by atoms with E-state index >= 15 is 0 Å². The largest absolute Gasteiger partial charge is 0.508 e. The van der Waals surface area contributed by atoms with Gasteiger partial charge in [-0.25, -0.2) is 0 Å². The van der Waals surface area contributed by atoms with Crippen LogP contribution in [0.25, 0.3) is 0 Å². The van der Waals surface area contributed by atoms with Gasteiger partial charge in [0.25, 0.3) is 5.91 Å². The van der Waals surface area contributed by atoms with Gasteiger partial charge >= 0.3 is 0 Å². The minimum Gasteiger partial charge on any atom is -0.508 e. The van der Waals surface area contributed by atoms with E-state index in [1.54, 1.807) is 19.1 Å². The molecule has 0 bridgehead atoms. The lowest BCUT2D eigenvalue weighted by Crippen LogP contribution is -2.25. The first kappa shape index (κ1) is 13.5. The number of aryl methyl sites for hydroxylation is 1. The highest BCUT2D eigenvalue weighted by molar-refractivity contribution is 5.95. The molecule has 0 spiro atoms. The summed E-state index contributed by atoms with van der Waals surface area (Å²) in [6.45, 7) is 5.70. The molecule has 0 aliphatic heterocycles. The predicted molar refractivity (Wildman–Crippen MR) is 66.3 cm³/mol. The molecular weight excluding hydrogens is 218 g/mol. The van der Waals surface area contributed by atoms with Crippen molar-refractivity contribution in [1.82, 2.24) is 5.32 Å². The van der Waals surface area contributed by atoms with Crippen molar-refractivity contribution in [2.75, 3.05) is 19.8 Å². The second kappa shape index (κ2) is 6.91. The molecule has 0 aromatic heterocycles. The SMILES string of the molecule is CCOCCCNC(=O)c1ccc(O)cc1C. The molecule has 0 radical (unpaired) electrons. The van der Waals surface area contributed by atoms with E-state index in [1.807, 2.05) is 6.92 Å². The molecule has 1 aromatic rings. The molecule has 1 rings (SSSR count). The molecule has 1 amide bonds. The molecule has 0 aliphatic carbocycles. The Kier molecular flexibility index (Phi) is 5.49. The first-order chi connectivity index (χ1) is 8.15. The van der Waals surface area contributed by atoms with Gasteiger partial charge in [0.1, 0.15) is 5.75 Å². The lowest BCUT2D eigenvalue weighted by Gasteiger charge is -2.08. The highest BCUT2D eigenvalue weighted by Gasteiger charge is 2.08. The van der Waals surface area contributed by atoms with Crippen molar-refractivity contribution in [1.29, 1.82) is 0 Å². The van der Waals surface area contributed by atoms with Gasteiger partial charge in [-0.3, -0.25) is 4.79 Å². The molecule has 4 nitrogen and oxygen atoms in total. The van der Waals surface area contributed by atoms with Gasteiger partial charge in [-0.05, 0) is 44.0 Å². The first-order valence-electron chi connectivity index (χ1n) is 5.80. The summed E-state index contributed by atoms with van der Waals surface area (Å²) in [7, 11) is 0. The molecule has 0 fully saturated rings. The Morgan fingerprint density at radius 2 is 2.24 bits per heavy atom. The Balaban J connectivity index is 2.42. The maximum absolute atomic E-state index is 11.8. The molecule has 17 heavy (non-hydrogen) atoms. The van der Waals surface area contributed by atoms with E-state index in [0.717, 1.165) is 12.0 Å². The van der Waals surface area contributed by atoms with Crippen molar-refractivity contribution in [2.45, 2.75) is 20.3 Å². The van der Waals surface area contributed by atoms with Crippen molar-refractivity contribution in [3.05, 3.63) is 29.3 Å². The fourth-order valence-corrected chi connectivity index (χ4v) is 1.52. The zero-order valence-corrected chi connectivity index (χ0v) is 10.3. The van der Waals surface area contributed by atoms with Crippen LogP contribution in [0.3, 0.4) is 0 Å². The number of ether oxygens (including phenoxy) is 1. The summed E-state index contributed by atoms with van der Waals surface area (Å²) in [6, 6.07) is 4.72. The van der Waals surface area contributed by atoms with E-state index in [4.69, 9.17) is 4.74 Å². The number of carbonyl (C=O) groups is 1. The number of carbonyl (C=O) groups excluding carboxylic acids is 1. The molecule has 1 aromatic carbocycles. The Morgan fingerprint density at radius 1 is 1.47 bits per heavy atom. The maximum atomic E-state index is 11.8. The molecular formula is C13H19NO3. The minimum absolute atomic E-state index is 0.112. The van der Waals surface area contributed by atoms with Gasteiger partial charge in [-0.2, -0.15) is 0 Å². The Bertz CT molecular complexity index is 377. The summed E-state index contributed by atoms with van der Waals surface area (Å²) >= 11 is 0. The molecule has 94 valence electrons. The van der Waals surface area contributed by atoms with Crippen LogP contribution in [0.15, 0.2) is 18.2 Å². The van der Waals surface area contributed by atoms with E-state index in [-0.39, 0.29) is 11.7 Å². The lowest BCUT2D eigenvalue weighted by molar-refractivity contribution is 0.0943. The zero-order valence-electron chi connectivity index (χ0n) is 10.3. The molecule has 0 saturated carbocycles. The fourth-order valence-electron chi connectivity index (χ4n) is 1.52. The average Bonchev–Trinajstić information content (AvgIpc) is 2.28. The summed E-state index contributed by atoms with van der Waals surface area (Å²) in [5.41, 5.74) is 1.37. The third kappa shape index (κ3) is 4.44. The summed E-state index contributed by atoms with van der Waals surface area (Å²) in [5.74, 6) is 0.0643. The lowest BCUT2D eigenvalue weighted by atomic mass is 10.1. The van der Waals surface area contributed by atoms with Gasteiger partial charge in [-0.15, -0.1) is 0 Å². The summed E-state index contributed by atoms with van der Waals surface area (Å²) in [4.78, 5) is 11.8. The van der Waals surface area contributed by atoms with Crippen LogP contribution in [0.4, 0.5) is 0 Å². The van der Waals surface area contributed by atoms with Gasteiger partial charge in [0.2, 0.25) is 0 Å². The molecule has 0 saturated heterocycles. The Labute approximate surface area is 102 Å². The predicted octanol–water partition coefficient (Wildman–Crippen LogP) is 1.86. The van der Waals surface area contributed by atoms with E-state index in [1.165, 1.54) is 6.07 Å². The van der Waals surface area contributed by atoms with Crippen molar-refractivity contribution in [3.8, 4) is 5.75 Å². The van der Waals surface area contributed by atoms with Crippen LogP contribution in [0.1, 0.15) is 29.3 Å². The third-order valence-electron chi connectivity index (χ3n) is 2.41. The average molecular weight is 237 g/mol. The van der Waals surface area contributed by atoms with Crippen LogP contribution in [0.2, 0.25) is 0 Å². The van der Waals surface area contributed by atoms with E-state index in [2.05, 4.69) is 5.32 Å². The smallest absolute Gasteiger partial charge is 0.251 e. The highest BCUT2D eigenvalue weighted by Crippen LogP contribution is 2.15. The van der Waals surface area contributed by atoms with Crippen LogP contribution < -0.4 is 5.32 Å². The first-order valence-corrected chi connectivity index (χ1v) is 5.80. The van der Waals surface area contributed by atoms with Crippen LogP contribution in [-0.2, 0) is 4.74 Å². The highest BCUT2D eigenvalue weighted by atomic mass is 16.5. The summed E-state index contributed by atoms with van der Waals surface area (Å²) in [6.07, 6.45) is 0.802. The topological polar surface area (TPSA) is 58.6 Å². The standard InChI is InChI=1S/C13H19NO3/c1-3-17-8-4-7-14-13(16)12-6-5-11(15)9-10(12)2/h5-6,9,15H,3-4,7-8H2,1-2H3,(H,14,16). The number of aromatic hydroxyl groups is 1. The number of amides is 1. The van der Waals surface area contributed by atoms with Crippen LogP contribution >= 0.6 is 0 Å². The second-order valence-electron chi connectivity index (χ2n) is 3.81. The number of rotatable bonds is 6. The van der Waals surface area contributed by atoms with Gasteiger partial charge in [0.15, 0.2) is 0 Å². The molecule has 0 atom stereocenters. The van der Waals surface area contributed by atoms with Gasteiger partial charge in [0, 0.05) is 25.3 Å². The molecule has 0 heterocycles. The van der Waals surface area contributed by atoms with Crippen LogP contribution in [-0.4, -0.2) is 30.8 Å². The van der Waals surface area contributed by atoms with Crippen molar-refractivity contribution < 1.29 is 14.6 Å². The van der Waals surface area contributed by atoms with E-state index in [9.17, 15) is 9.90 Å². The number of phenols is 1. The van der Waals surface area contributed by atoms with Gasteiger partial charge in [0.05, 0.1) is 0 Å². The quantitative estimate of drug-likeness (QED) is 0.742. The van der Waals surface area contributed by atoms with Crippen LogP contribution in [0, 0.1) is 6.92 Å². The fraction of sp³-hybridized carbons (Fsp3) is 0.462. The van der Waals surface area contributed by atoms with Crippen LogP contribution in [0.5, 0.6) is 5.75 Å². The Morgan fingerprint density at radius 3 is 2.88 bits per heavy atom. The summed E-state index contributed by atoms with van der Waals surface area (Å²) in [5, 5.41) is 12.1. The van der Waals surface area contributed by atoms with Crippen molar-refractivity contribution >= 4 is 5.91 Å². The number of benzene rings is 1. The van der Waals surface area contributed by atoms with Crippen molar-refractivity contribution in [3.63, 3.8) is 0 Å². The maximum Gasteiger partial charge on any atom is 0.251 e. The zero-order chi connectivity index (χ0) is 12.7. The third-order valence-corrected chi connectivity index (χ3v) is 2.41. The number of nitrogens with one attached hydrogen (secondary N) is 1. The second-order valence-corrected chi connectivity index (χ2v) is 3.81. The van der Waals surface area contributed by atoms with E-state index < -0.39 is 0 Å². The number of hydrogen-bond acceptors (Lipinski definition) is 3. The Hall–Kier alpha value is -1.55. The molecule has 4 heteroatoms. The summed E-state index contributed by atoms with van der Waals surface area (Å²) < 4.78 is 5.18. The van der Waals surface area contributed by atoms with Gasteiger partial charge < -0.3 is 15.2 Å². The van der Waals surface area contributed by atoms with Crippen molar-refractivity contribution in [2.24, 2.45) is 0 Å². The normalized spacial score (nSPS) is 10.2. The molecule has 2 N–H and O–H groups in total. The minimum atomic E-state index is -0.112. The van der Waals surface area contributed by atoms with Gasteiger partial charge in [-0.1, -0.05) is 0 Å². The van der Waals surface area contributed by atoms with E-state index in [0.29, 0.717) is 25.3 Å².